The second-order valence-corrected chi connectivity index (χ2v) is 7.94. The average molecular weight is 450 g/mol. The number of hydrogen-bond acceptors (Lipinski definition) is 4. The second-order valence-electron chi connectivity index (χ2n) is 7.12. The number of amides is 1. The number of halogens is 1. The predicted molar refractivity (Wildman–Crippen MR) is 129 cm³/mol. The van der Waals surface area contributed by atoms with E-state index >= 15 is 0 Å². The van der Waals surface area contributed by atoms with Gasteiger partial charge in [0.05, 0.1) is 0 Å². The number of carbonyl (C=O) groups excluding carboxylic acids is 1. The van der Waals surface area contributed by atoms with Crippen LogP contribution < -0.4 is 10.6 Å². The molecule has 0 unspecified atom stereocenters. The highest BCUT2D eigenvalue weighted by Crippen LogP contribution is 2.29. The molecule has 0 aliphatic rings. The van der Waals surface area contributed by atoms with Crippen molar-refractivity contribution in [3.8, 4) is 11.5 Å². The zero-order chi connectivity index (χ0) is 22.0. The third-order valence-corrected chi connectivity index (χ3v) is 5.53. The van der Waals surface area contributed by atoms with Crippen molar-refractivity contribution in [2.75, 3.05) is 5.32 Å². The maximum absolute atomic E-state index is 12.4. The van der Waals surface area contributed by atoms with Gasteiger partial charge in [0, 0.05) is 21.8 Å². The maximum atomic E-state index is 12.4. The van der Waals surface area contributed by atoms with Crippen LogP contribution in [-0.2, 0) is 6.42 Å². The Morgan fingerprint density at radius 1 is 1.10 bits per heavy atom. The molecule has 0 atom stereocenters. The van der Waals surface area contributed by atoms with Crippen LogP contribution in [0.1, 0.15) is 28.4 Å². The number of anilines is 1. The van der Waals surface area contributed by atoms with Gasteiger partial charge in [-0.15, -0.1) is 0 Å². The van der Waals surface area contributed by atoms with E-state index in [4.69, 9.17) is 28.2 Å². The monoisotopic (exact) mass is 449 g/mol. The van der Waals surface area contributed by atoms with Crippen LogP contribution in [0.5, 0.6) is 0 Å². The fourth-order valence-corrected chi connectivity index (χ4v) is 3.48. The first kappa shape index (κ1) is 21.0. The maximum Gasteiger partial charge on any atom is 0.257 e. The number of carbonyl (C=O) groups is 1. The van der Waals surface area contributed by atoms with E-state index in [0.29, 0.717) is 33.3 Å². The van der Waals surface area contributed by atoms with Crippen molar-refractivity contribution >= 4 is 51.6 Å². The first-order valence-corrected chi connectivity index (χ1v) is 10.6. The van der Waals surface area contributed by atoms with Gasteiger partial charge in [0.2, 0.25) is 5.89 Å². The first-order chi connectivity index (χ1) is 14.9. The van der Waals surface area contributed by atoms with Crippen molar-refractivity contribution in [1.82, 2.24) is 10.3 Å². The Morgan fingerprint density at radius 2 is 1.87 bits per heavy atom. The van der Waals surface area contributed by atoms with Gasteiger partial charge in [-0.1, -0.05) is 36.7 Å². The molecule has 1 heterocycles. The molecule has 0 saturated heterocycles. The van der Waals surface area contributed by atoms with E-state index in [0.717, 1.165) is 17.5 Å². The summed E-state index contributed by atoms with van der Waals surface area (Å²) in [6.45, 7) is 4.01. The third kappa shape index (κ3) is 4.76. The molecular weight excluding hydrogens is 430 g/mol. The molecular formula is C24H20ClN3O2S. The fourth-order valence-electron chi connectivity index (χ4n) is 3.08. The summed E-state index contributed by atoms with van der Waals surface area (Å²) < 4.78 is 5.85. The summed E-state index contributed by atoms with van der Waals surface area (Å²) in [5.41, 5.74) is 5.52. The van der Waals surface area contributed by atoms with E-state index in [1.807, 2.05) is 49.4 Å². The smallest absolute Gasteiger partial charge is 0.257 e. The van der Waals surface area contributed by atoms with Gasteiger partial charge >= 0.3 is 0 Å². The number of nitrogens with zero attached hydrogens (tertiary/aromatic N) is 1. The van der Waals surface area contributed by atoms with Crippen LogP contribution in [0.15, 0.2) is 65.1 Å². The molecule has 0 aliphatic heterocycles. The lowest BCUT2D eigenvalue weighted by molar-refractivity contribution is 0.0977. The highest BCUT2D eigenvalue weighted by atomic mass is 35.5. The molecule has 5 nitrogen and oxygen atoms in total. The van der Waals surface area contributed by atoms with Crippen LogP contribution in [0.3, 0.4) is 0 Å². The zero-order valence-electron chi connectivity index (χ0n) is 17.0. The Hall–Kier alpha value is -3.22. The lowest BCUT2D eigenvalue weighted by atomic mass is 10.1. The van der Waals surface area contributed by atoms with Crippen molar-refractivity contribution in [2.45, 2.75) is 20.3 Å². The van der Waals surface area contributed by atoms with E-state index in [1.165, 1.54) is 5.56 Å². The van der Waals surface area contributed by atoms with Crippen molar-refractivity contribution in [1.29, 1.82) is 0 Å². The van der Waals surface area contributed by atoms with Crippen LogP contribution in [0.2, 0.25) is 5.02 Å². The number of oxazole rings is 1. The molecule has 0 fully saturated rings. The summed E-state index contributed by atoms with van der Waals surface area (Å²) in [5.74, 6) is 0.224. The SMILES string of the molecule is CCc1ccc(C(=O)NC(=S)Nc2ccc3oc(-c4ccc(C)c(Cl)c4)nc3c2)cc1. The molecule has 4 aromatic rings. The van der Waals surface area contributed by atoms with Gasteiger partial charge in [-0.25, -0.2) is 4.98 Å². The number of nitrogens with one attached hydrogen (secondary N) is 2. The molecule has 7 heteroatoms. The number of aromatic nitrogens is 1. The Bertz CT molecular complexity index is 1280. The average Bonchev–Trinajstić information content (AvgIpc) is 3.19. The molecule has 0 radical (unpaired) electrons. The molecule has 0 saturated carbocycles. The van der Waals surface area contributed by atoms with Gasteiger partial charge in [0.1, 0.15) is 5.52 Å². The van der Waals surface area contributed by atoms with Crippen molar-refractivity contribution in [3.05, 3.63) is 82.4 Å². The highest BCUT2D eigenvalue weighted by molar-refractivity contribution is 7.80. The number of thiocarbonyl (C=S) groups is 1. The topological polar surface area (TPSA) is 67.2 Å². The molecule has 4 rings (SSSR count). The van der Waals surface area contributed by atoms with Gasteiger partial charge in [0.15, 0.2) is 10.7 Å². The van der Waals surface area contributed by atoms with Gasteiger partial charge in [0.25, 0.3) is 5.91 Å². The van der Waals surface area contributed by atoms with E-state index < -0.39 is 0 Å². The molecule has 3 aromatic carbocycles. The number of fused-ring (bicyclic) bond motifs is 1. The number of aryl methyl sites for hydroxylation is 2. The number of benzene rings is 3. The highest BCUT2D eigenvalue weighted by Gasteiger charge is 2.12. The molecule has 1 aromatic heterocycles. The summed E-state index contributed by atoms with van der Waals surface area (Å²) in [7, 11) is 0. The summed E-state index contributed by atoms with van der Waals surface area (Å²) in [4.78, 5) is 16.9. The molecule has 31 heavy (non-hydrogen) atoms. The van der Waals surface area contributed by atoms with Gasteiger partial charge in [-0.3, -0.25) is 10.1 Å². The Labute approximate surface area is 190 Å². The summed E-state index contributed by atoms with van der Waals surface area (Å²) in [6, 6.07) is 18.6. The van der Waals surface area contributed by atoms with E-state index in [9.17, 15) is 4.79 Å². The van der Waals surface area contributed by atoms with Crippen LogP contribution in [-0.4, -0.2) is 16.0 Å². The molecule has 2 N–H and O–H groups in total. The van der Waals surface area contributed by atoms with E-state index in [2.05, 4.69) is 22.5 Å². The number of rotatable bonds is 4. The summed E-state index contributed by atoms with van der Waals surface area (Å²) in [6.07, 6.45) is 0.922. The second kappa shape index (κ2) is 8.88. The minimum atomic E-state index is -0.263. The normalized spacial score (nSPS) is 10.8. The van der Waals surface area contributed by atoms with Crippen molar-refractivity contribution in [2.24, 2.45) is 0 Å². The van der Waals surface area contributed by atoms with Crippen LogP contribution in [0.4, 0.5) is 5.69 Å². The quantitative estimate of drug-likeness (QED) is 0.366. The van der Waals surface area contributed by atoms with Gasteiger partial charge in [-0.05, 0) is 79.2 Å². The standard InChI is InChI=1S/C24H20ClN3O2S/c1-3-15-5-8-16(9-6-15)22(29)28-24(31)26-18-10-11-21-20(13-18)27-23(30-21)17-7-4-14(2)19(25)12-17/h4-13H,3H2,1-2H3,(H2,26,28,29,31). The van der Waals surface area contributed by atoms with Crippen LogP contribution in [0.25, 0.3) is 22.6 Å². The minimum absolute atomic E-state index is 0.206. The lowest BCUT2D eigenvalue weighted by Gasteiger charge is -2.09. The Kier molecular flexibility index (Phi) is 6.02. The van der Waals surface area contributed by atoms with Crippen LogP contribution in [0, 0.1) is 6.92 Å². The molecule has 1 amide bonds. The molecule has 156 valence electrons. The minimum Gasteiger partial charge on any atom is -0.436 e. The van der Waals surface area contributed by atoms with E-state index in [1.54, 1.807) is 18.2 Å². The third-order valence-electron chi connectivity index (χ3n) is 4.92. The summed E-state index contributed by atoms with van der Waals surface area (Å²) in [5, 5.41) is 6.58. The molecule has 0 bridgehead atoms. The van der Waals surface area contributed by atoms with Gasteiger partial charge in [-0.2, -0.15) is 0 Å². The largest absolute Gasteiger partial charge is 0.436 e. The predicted octanol–water partition coefficient (Wildman–Crippen LogP) is 6.15. The molecule has 0 spiro atoms. The summed E-state index contributed by atoms with van der Waals surface area (Å²) >= 11 is 11.5. The van der Waals surface area contributed by atoms with Crippen molar-refractivity contribution < 1.29 is 9.21 Å². The van der Waals surface area contributed by atoms with Crippen LogP contribution >= 0.6 is 23.8 Å². The lowest BCUT2D eigenvalue weighted by Crippen LogP contribution is -2.34. The van der Waals surface area contributed by atoms with Gasteiger partial charge < -0.3 is 9.73 Å². The number of hydrogen-bond donors (Lipinski definition) is 2. The van der Waals surface area contributed by atoms with E-state index in [-0.39, 0.29) is 11.0 Å². The Morgan fingerprint density at radius 3 is 2.58 bits per heavy atom. The zero-order valence-corrected chi connectivity index (χ0v) is 18.6. The first-order valence-electron chi connectivity index (χ1n) is 9.81. The van der Waals surface area contributed by atoms with Crippen molar-refractivity contribution in [3.63, 3.8) is 0 Å². The Balaban J connectivity index is 1.47. The fraction of sp³-hybridized carbons (Fsp3) is 0.125. The molecule has 0 aliphatic carbocycles.